The van der Waals surface area contributed by atoms with E-state index in [0.29, 0.717) is 6.54 Å². The van der Waals surface area contributed by atoms with Gasteiger partial charge in [-0.25, -0.2) is 12.7 Å². The highest BCUT2D eigenvalue weighted by Crippen LogP contribution is 2.36. The number of carbonyl (C=O) groups is 1. The Kier molecular flexibility index (Phi) is 8.88. The summed E-state index contributed by atoms with van der Waals surface area (Å²) in [7, 11) is -1.88. The predicted octanol–water partition coefficient (Wildman–Crippen LogP) is 1.98. The largest absolute Gasteiger partial charge is 0.390 e. The minimum atomic E-state index is -3.34. The van der Waals surface area contributed by atoms with Gasteiger partial charge < -0.3 is 15.0 Å². The molecule has 1 amide bonds. The van der Waals surface area contributed by atoms with Crippen molar-refractivity contribution >= 4 is 39.2 Å². The molecule has 0 saturated carbocycles. The molecule has 0 aliphatic carbocycles. The zero-order valence-electron chi connectivity index (χ0n) is 21.3. The fourth-order valence-corrected chi connectivity index (χ4v) is 6.09. The Bertz CT molecular complexity index is 1250. The summed E-state index contributed by atoms with van der Waals surface area (Å²) in [5.41, 5.74) is 0.691. The predicted molar refractivity (Wildman–Crippen MR) is 143 cm³/mol. The lowest BCUT2D eigenvalue weighted by molar-refractivity contribution is 0.0448. The molecule has 1 aromatic heterocycles. The number of amides is 1. The topological polar surface area (TPSA) is 112 Å². The van der Waals surface area contributed by atoms with Crippen LogP contribution in [0.2, 0.25) is 0 Å². The van der Waals surface area contributed by atoms with Crippen molar-refractivity contribution in [3.05, 3.63) is 46.2 Å². The SMILES string of the molecule is CC(C)n1c(=O)c(C(=O)N[C@H]2C[C@H]3CC[C@@H](C2)N3C[C@@H](O)CN(C)S(C)(=O)=O)cc2ccccc21.Cl. The fraction of sp³-hybridized carbons (Fsp3) is 0.600. The quantitative estimate of drug-likeness (QED) is 0.529. The summed E-state index contributed by atoms with van der Waals surface area (Å²) in [6, 6.07) is 9.57. The van der Waals surface area contributed by atoms with E-state index in [-0.39, 0.29) is 60.1 Å². The van der Waals surface area contributed by atoms with Crippen molar-refractivity contribution in [3.8, 4) is 0 Å². The summed E-state index contributed by atoms with van der Waals surface area (Å²) in [5, 5.41) is 14.5. The molecule has 4 rings (SSSR count). The van der Waals surface area contributed by atoms with Crippen LogP contribution in [0, 0.1) is 0 Å². The second-order valence-electron chi connectivity index (χ2n) is 10.3. The van der Waals surface area contributed by atoms with Crippen LogP contribution in [0.4, 0.5) is 0 Å². The monoisotopic (exact) mass is 540 g/mol. The van der Waals surface area contributed by atoms with Gasteiger partial charge in [0.25, 0.3) is 11.5 Å². The van der Waals surface area contributed by atoms with Gasteiger partial charge in [0.1, 0.15) is 5.56 Å². The number of benzene rings is 1. The second-order valence-corrected chi connectivity index (χ2v) is 12.4. The summed E-state index contributed by atoms with van der Waals surface area (Å²) in [6.45, 7) is 4.33. The number of carbonyl (C=O) groups excluding carboxylic acids is 1. The van der Waals surface area contributed by atoms with E-state index in [2.05, 4.69) is 10.2 Å². The third-order valence-electron chi connectivity index (χ3n) is 7.38. The first-order chi connectivity index (χ1) is 16.5. The van der Waals surface area contributed by atoms with Crippen molar-refractivity contribution in [2.24, 2.45) is 0 Å². The number of para-hydroxylation sites is 1. The normalized spacial score (nSPS) is 23.1. The lowest BCUT2D eigenvalue weighted by Gasteiger charge is -2.40. The first kappa shape index (κ1) is 28.6. The Balaban J connectivity index is 0.00000361. The Labute approximate surface area is 218 Å². The number of pyridine rings is 1. The number of fused-ring (bicyclic) bond motifs is 3. The number of hydrogen-bond acceptors (Lipinski definition) is 6. The van der Waals surface area contributed by atoms with Crippen LogP contribution >= 0.6 is 12.4 Å². The summed E-state index contributed by atoms with van der Waals surface area (Å²) in [4.78, 5) is 28.7. The minimum absolute atomic E-state index is 0. The van der Waals surface area contributed by atoms with Crippen LogP contribution in [-0.2, 0) is 10.0 Å². The average molecular weight is 541 g/mol. The number of sulfonamides is 1. The molecule has 4 atom stereocenters. The molecule has 2 aromatic rings. The highest BCUT2D eigenvalue weighted by atomic mass is 35.5. The molecular formula is C25H37ClN4O5S. The van der Waals surface area contributed by atoms with Crippen LogP contribution in [0.3, 0.4) is 0 Å². The molecule has 2 fully saturated rings. The number of rotatable bonds is 8. The number of hydrogen-bond donors (Lipinski definition) is 2. The summed E-state index contributed by atoms with van der Waals surface area (Å²) in [5.74, 6) is -0.345. The van der Waals surface area contributed by atoms with E-state index in [1.165, 1.54) is 11.4 Å². The van der Waals surface area contributed by atoms with Crippen molar-refractivity contribution in [1.82, 2.24) is 19.1 Å². The third-order valence-corrected chi connectivity index (χ3v) is 8.66. The van der Waals surface area contributed by atoms with E-state index < -0.39 is 16.1 Å². The summed E-state index contributed by atoms with van der Waals surface area (Å²) < 4.78 is 26.1. The van der Waals surface area contributed by atoms with Gasteiger partial charge in [-0.3, -0.25) is 14.5 Å². The van der Waals surface area contributed by atoms with Gasteiger partial charge in [-0.05, 0) is 57.0 Å². The average Bonchev–Trinajstić information content (AvgIpc) is 2.99. The molecule has 2 aliphatic heterocycles. The van der Waals surface area contributed by atoms with E-state index in [9.17, 15) is 23.1 Å². The minimum Gasteiger partial charge on any atom is -0.390 e. The van der Waals surface area contributed by atoms with E-state index in [1.807, 2.05) is 38.1 Å². The molecule has 2 bridgehead atoms. The third kappa shape index (κ3) is 5.94. The van der Waals surface area contributed by atoms with Gasteiger partial charge in [-0.1, -0.05) is 18.2 Å². The molecule has 1 aromatic carbocycles. The van der Waals surface area contributed by atoms with Gasteiger partial charge in [0.05, 0.1) is 17.9 Å². The second kappa shape index (κ2) is 11.2. The number of aliphatic hydroxyl groups excluding tert-OH is 1. The van der Waals surface area contributed by atoms with Gasteiger partial charge >= 0.3 is 0 Å². The maximum Gasteiger partial charge on any atom is 0.264 e. The zero-order chi connectivity index (χ0) is 25.5. The molecule has 2 N–H and O–H groups in total. The zero-order valence-corrected chi connectivity index (χ0v) is 22.9. The molecule has 2 saturated heterocycles. The van der Waals surface area contributed by atoms with Crippen LogP contribution in [0.25, 0.3) is 10.9 Å². The molecule has 2 aliphatic rings. The van der Waals surface area contributed by atoms with E-state index >= 15 is 0 Å². The van der Waals surface area contributed by atoms with Crippen molar-refractivity contribution in [2.75, 3.05) is 26.4 Å². The number of aromatic nitrogens is 1. The number of piperidine rings is 1. The van der Waals surface area contributed by atoms with Crippen LogP contribution in [0.5, 0.6) is 0 Å². The molecule has 3 heterocycles. The summed E-state index contributed by atoms with van der Waals surface area (Å²) >= 11 is 0. The highest BCUT2D eigenvalue weighted by molar-refractivity contribution is 7.88. The van der Waals surface area contributed by atoms with Crippen LogP contribution in [0.15, 0.2) is 35.1 Å². The lowest BCUT2D eigenvalue weighted by atomic mass is 9.96. The number of nitrogens with one attached hydrogen (secondary N) is 1. The van der Waals surface area contributed by atoms with Gasteiger partial charge in [0.2, 0.25) is 10.0 Å². The van der Waals surface area contributed by atoms with Crippen molar-refractivity contribution in [1.29, 1.82) is 0 Å². The van der Waals surface area contributed by atoms with E-state index in [1.54, 1.807) is 10.6 Å². The van der Waals surface area contributed by atoms with E-state index in [4.69, 9.17) is 0 Å². The van der Waals surface area contributed by atoms with Gasteiger partial charge in [0, 0.05) is 44.3 Å². The van der Waals surface area contributed by atoms with Crippen molar-refractivity contribution in [3.63, 3.8) is 0 Å². The van der Waals surface area contributed by atoms with Crippen LogP contribution in [0.1, 0.15) is 55.9 Å². The van der Waals surface area contributed by atoms with Gasteiger partial charge in [0.15, 0.2) is 0 Å². The number of halogens is 1. The number of likely N-dealkylation sites (N-methyl/N-ethyl adjacent to an activating group) is 1. The van der Waals surface area contributed by atoms with Gasteiger partial charge in [-0.15, -0.1) is 12.4 Å². The molecule has 0 spiro atoms. The smallest absolute Gasteiger partial charge is 0.264 e. The molecule has 0 radical (unpaired) electrons. The molecular weight excluding hydrogens is 504 g/mol. The lowest BCUT2D eigenvalue weighted by Crippen LogP contribution is -2.53. The van der Waals surface area contributed by atoms with Crippen molar-refractivity contribution < 1.29 is 18.3 Å². The Morgan fingerprint density at radius 3 is 2.39 bits per heavy atom. The molecule has 0 unspecified atom stereocenters. The molecule has 36 heavy (non-hydrogen) atoms. The van der Waals surface area contributed by atoms with Crippen molar-refractivity contribution in [2.45, 2.75) is 69.8 Å². The first-order valence-corrected chi connectivity index (χ1v) is 14.1. The Hall–Kier alpha value is -1.98. The van der Waals surface area contributed by atoms with Gasteiger partial charge in [-0.2, -0.15) is 0 Å². The van der Waals surface area contributed by atoms with E-state index in [0.717, 1.165) is 42.8 Å². The Morgan fingerprint density at radius 1 is 1.19 bits per heavy atom. The fourth-order valence-electron chi connectivity index (χ4n) is 5.65. The maximum absolute atomic E-state index is 13.2. The Morgan fingerprint density at radius 2 is 1.81 bits per heavy atom. The number of nitrogens with zero attached hydrogens (tertiary/aromatic N) is 3. The maximum atomic E-state index is 13.2. The highest BCUT2D eigenvalue weighted by Gasteiger charge is 2.42. The van der Waals surface area contributed by atoms with Crippen LogP contribution in [-0.4, -0.2) is 83.8 Å². The molecule has 200 valence electrons. The molecule has 9 nitrogen and oxygen atoms in total. The standard InChI is InChI=1S/C25H36N4O5S.ClH/c1-16(2)29-23-8-6-5-7-17(23)11-22(25(29)32)24(31)26-18-12-19-9-10-20(13-18)28(19)15-21(30)14-27(3)35(4,33)34;/h5-8,11,16,18-21,30H,9-10,12-15H2,1-4H3,(H,26,31);1H/t18-,19+,20-,21-;/m0./s1. The molecule has 11 heteroatoms. The summed E-state index contributed by atoms with van der Waals surface area (Å²) in [6.07, 6.45) is 3.77. The number of aliphatic hydroxyl groups is 1. The van der Waals surface area contributed by atoms with Crippen LogP contribution < -0.4 is 10.9 Å². The first-order valence-electron chi connectivity index (χ1n) is 12.3.